The molecule has 74 valence electrons. The standard InChI is InChI=1S/C8H9N3O3/c1-3-4-14-6-10-7(2)9-5-8(10)11(12)13/h1,5H,4,6H2,2H3. The van der Waals surface area contributed by atoms with Crippen LogP contribution in [0, 0.1) is 29.4 Å². The van der Waals surface area contributed by atoms with Crippen molar-refractivity contribution in [3.63, 3.8) is 0 Å². The third kappa shape index (κ3) is 2.08. The van der Waals surface area contributed by atoms with Gasteiger partial charge in [-0.15, -0.1) is 6.42 Å². The van der Waals surface area contributed by atoms with E-state index in [0.29, 0.717) is 5.82 Å². The Bertz CT molecular complexity index is 378. The van der Waals surface area contributed by atoms with Crippen LogP contribution >= 0.6 is 0 Å². The van der Waals surface area contributed by atoms with Gasteiger partial charge in [-0.2, -0.15) is 4.57 Å². The second-order valence-corrected chi connectivity index (χ2v) is 2.53. The van der Waals surface area contributed by atoms with Crippen molar-refractivity contribution in [2.75, 3.05) is 6.61 Å². The predicted octanol–water partition coefficient (Wildman–Crippen LogP) is 0.707. The van der Waals surface area contributed by atoms with Crippen LogP contribution < -0.4 is 0 Å². The Hall–Kier alpha value is -1.87. The lowest BCUT2D eigenvalue weighted by atomic mass is 10.7. The van der Waals surface area contributed by atoms with E-state index in [1.54, 1.807) is 6.92 Å². The molecule has 0 radical (unpaired) electrons. The lowest BCUT2D eigenvalue weighted by Crippen LogP contribution is -2.08. The van der Waals surface area contributed by atoms with Crippen LogP contribution in [0.1, 0.15) is 5.82 Å². The minimum Gasteiger partial charge on any atom is -0.358 e. The highest BCUT2D eigenvalue weighted by Gasteiger charge is 2.16. The molecule has 0 aliphatic heterocycles. The van der Waals surface area contributed by atoms with Crippen LogP contribution in [-0.2, 0) is 11.5 Å². The monoisotopic (exact) mass is 195 g/mol. The van der Waals surface area contributed by atoms with Gasteiger partial charge in [0, 0.05) is 6.92 Å². The van der Waals surface area contributed by atoms with E-state index in [1.807, 2.05) is 0 Å². The summed E-state index contributed by atoms with van der Waals surface area (Å²) in [7, 11) is 0. The van der Waals surface area contributed by atoms with E-state index >= 15 is 0 Å². The van der Waals surface area contributed by atoms with E-state index in [0.717, 1.165) is 0 Å². The Morgan fingerprint density at radius 3 is 3.14 bits per heavy atom. The van der Waals surface area contributed by atoms with Gasteiger partial charge < -0.3 is 14.9 Å². The quantitative estimate of drug-likeness (QED) is 0.307. The molecule has 0 unspecified atom stereocenters. The first-order chi connectivity index (χ1) is 6.66. The number of nitro groups is 1. The lowest BCUT2D eigenvalue weighted by Gasteiger charge is -2.01. The summed E-state index contributed by atoms with van der Waals surface area (Å²) in [6.45, 7) is 1.83. The molecule has 0 N–H and O–H groups in total. The molecule has 1 aromatic heterocycles. The molecule has 14 heavy (non-hydrogen) atoms. The zero-order valence-corrected chi connectivity index (χ0v) is 7.64. The van der Waals surface area contributed by atoms with Crippen LogP contribution in [-0.4, -0.2) is 21.1 Å². The zero-order valence-electron chi connectivity index (χ0n) is 7.64. The van der Waals surface area contributed by atoms with Crippen molar-refractivity contribution in [2.24, 2.45) is 0 Å². The van der Waals surface area contributed by atoms with Crippen LogP contribution in [0.3, 0.4) is 0 Å². The Kier molecular flexibility index (Phi) is 3.20. The molecule has 0 saturated heterocycles. The molecule has 0 spiro atoms. The molecule has 6 nitrogen and oxygen atoms in total. The Labute approximate surface area is 80.7 Å². The maximum absolute atomic E-state index is 10.5. The normalized spacial score (nSPS) is 9.71. The molecular weight excluding hydrogens is 186 g/mol. The molecule has 1 heterocycles. The Balaban J connectivity index is 2.79. The van der Waals surface area contributed by atoms with Crippen LogP contribution in [0.4, 0.5) is 5.82 Å². The van der Waals surface area contributed by atoms with Gasteiger partial charge in [0.1, 0.15) is 12.8 Å². The van der Waals surface area contributed by atoms with Gasteiger partial charge in [-0.1, -0.05) is 5.92 Å². The van der Waals surface area contributed by atoms with Gasteiger partial charge in [0.25, 0.3) is 0 Å². The summed E-state index contributed by atoms with van der Waals surface area (Å²) in [5.41, 5.74) is 0. The molecule has 0 fully saturated rings. The number of hydrogen-bond donors (Lipinski definition) is 0. The van der Waals surface area contributed by atoms with E-state index in [1.165, 1.54) is 10.8 Å². The van der Waals surface area contributed by atoms with E-state index in [2.05, 4.69) is 10.9 Å². The predicted molar refractivity (Wildman–Crippen MR) is 48.4 cm³/mol. The molecule has 1 rings (SSSR count). The fourth-order valence-corrected chi connectivity index (χ4v) is 0.957. The summed E-state index contributed by atoms with van der Waals surface area (Å²) < 4.78 is 6.33. The number of imidazole rings is 1. The maximum Gasteiger partial charge on any atom is 0.344 e. The van der Waals surface area contributed by atoms with Crippen molar-refractivity contribution < 1.29 is 9.66 Å². The van der Waals surface area contributed by atoms with E-state index in [9.17, 15) is 10.1 Å². The number of aryl methyl sites for hydroxylation is 1. The van der Waals surface area contributed by atoms with Gasteiger partial charge in [-0.05, 0) is 4.92 Å². The first-order valence-corrected chi connectivity index (χ1v) is 3.84. The second-order valence-electron chi connectivity index (χ2n) is 2.53. The van der Waals surface area contributed by atoms with Gasteiger partial charge >= 0.3 is 5.82 Å². The summed E-state index contributed by atoms with van der Waals surface area (Å²) in [5, 5.41) is 10.5. The van der Waals surface area contributed by atoms with Crippen molar-refractivity contribution in [1.29, 1.82) is 0 Å². The van der Waals surface area contributed by atoms with Crippen molar-refractivity contribution in [3.05, 3.63) is 22.1 Å². The molecule has 0 bridgehead atoms. The average Bonchev–Trinajstić information content (AvgIpc) is 2.48. The molecular formula is C8H9N3O3. The highest BCUT2D eigenvalue weighted by Crippen LogP contribution is 2.12. The first kappa shape index (κ1) is 10.2. The minimum atomic E-state index is -0.515. The van der Waals surface area contributed by atoms with Gasteiger partial charge in [0.05, 0.1) is 0 Å². The molecule has 0 aliphatic carbocycles. The molecule has 1 aromatic rings. The molecule has 0 amide bonds. The lowest BCUT2D eigenvalue weighted by molar-refractivity contribution is -0.393. The molecule has 0 atom stereocenters. The molecule has 0 saturated carbocycles. The number of nitrogens with zero attached hydrogens (tertiary/aromatic N) is 3. The summed E-state index contributed by atoms with van der Waals surface area (Å²) >= 11 is 0. The van der Waals surface area contributed by atoms with Crippen molar-refractivity contribution in [1.82, 2.24) is 9.55 Å². The molecule has 0 aromatic carbocycles. The summed E-state index contributed by atoms with van der Waals surface area (Å²) in [5.74, 6) is 2.70. The number of terminal acetylenes is 1. The van der Waals surface area contributed by atoms with E-state index in [4.69, 9.17) is 11.2 Å². The number of rotatable bonds is 4. The second kappa shape index (κ2) is 4.39. The highest BCUT2D eigenvalue weighted by atomic mass is 16.6. The van der Waals surface area contributed by atoms with E-state index < -0.39 is 4.92 Å². The summed E-state index contributed by atoms with van der Waals surface area (Å²) in [6.07, 6.45) is 6.16. The van der Waals surface area contributed by atoms with Gasteiger partial charge in [-0.3, -0.25) is 0 Å². The highest BCUT2D eigenvalue weighted by molar-refractivity contribution is 5.18. The minimum absolute atomic E-state index is 0.0480. The van der Waals surface area contributed by atoms with Crippen LogP contribution in [0.15, 0.2) is 6.20 Å². The number of ether oxygens (including phenoxy) is 1. The fourth-order valence-electron chi connectivity index (χ4n) is 0.957. The van der Waals surface area contributed by atoms with Crippen LogP contribution in [0.2, 0.25) is 0 Å². The third-order valence-electron chi connectivity index (χ3n) is 1.63. The first-order valence-electron chi connectivity index (χ1n) is 3.84. The Morgan fingerprint density at radius 1 is 1.86 bits per heavy atom. The van der Waals surface area contributed by atoms with Gasteiger partial charge in [0.15, 0.2) is 12.6 Å². The van der Waals surface area contributed by atoms with Gasteiger partial charge in [-0.25, -0.2) is 4.98 Å². The smallest absolute Gasteiger partial charge is 0.344 e. The van der Waals surface area contributed by atoms with E-state index in [-0.39, 0.29) is 19.2 Å². The van der Waals surface area contributed by atoms with Crippen molar-refractivity contribution in [2.45, 2.75) is 13.7 Å². The fraction of sp³-hybridized carbons (Fsp3) is 0.375. The van der Waals surface area contributed by atoms with Crippen LogP contribution in [0.25, 0.3) is 0 Å². The topological polar surface area (TPSA) is 70.2 Å². The summed E-state index contributed by atoms with van der Waals surface area (Å²) in [6, 6.07) is 0. The molecule has 6 heteroatoms. The molecule has 0 aliphatic rings. The third-order valence-corrected chi connectivity index (χ3v) is 1.63. The average molecular weight is 195 g/mol. The van der Waals surface area contributed by atoms with Crippen molar-refractivity contribution >= 4 is 5.82 Å². The summed E-state index contributed by atoms with van der Waals surface area (Å²) in [4.78, 5) is 13.8. The van der Waals surface area contributed by atoms with Crippen molar-refractivity contribution in [3.8, 4) is 12.3 Å². The largest absolute Gasteiger partial charge is 0.358 e. The number of hydrogen-bond acceptors (Lipinski definition) is 4. The Morgan fingerprint density at radius 2 is 2.57 bits per heavy atom. The van der Waals surface area contributed by atoms with Crippen LogP contribution in [0.5, 0.6) is 0 Å². The maximum atomic E-state index is 10.5. The van der Waals surface area contributed by atoms with Gasteiger partial charge in [0.2, 0.25) is 0 Å². The SMILES string of the molecule is C#CCOCn1c([N+](=O)[O-])cnc1C. The zero-order chi connectivity index (χ0) is 10.6. The number of aromatic nitrogens is 2.